The van der Waals surface area contributed by atoms with Gasteiger partial charge in [-0.1, -0.05) is 54.8 Å². The van der Waals surface area contributed by atoms with E-state index < -0.39 is 0 Å². The quantitative estimate of drug-likeness (QED) is 0.503. The SMILES string of the molecule is Clc1ccc2c(c1)N(CCCN1CCC3(CCCCC3)CC1)c1ccccc1S2. The number of likely N-dealkylation sites (tertiary alicyclic amines) is 1. The Morgan fingerprint density at radius 1 is 0.828 bits per heavy atom. The van der Waals surface area contributed by atoms with E-state index in [4.69, 9.17) is 11.6 Å². The van der Waals surface area contributed by atoms with Gasteiger partial charge in [-0.05, 0) is 87.5 Å². The Bertz CT molecular complexity index is 852. The maximum Gasteiger partial charge on any atom is 0.0567 e. The van der Waals surface area contributed by atoms with Crippen molar-refractivity contribution in [2.45, 2.75) is 61.2 Å². The van der Waals surface area contributed by atoms with E-state index in [9.17, 15) is 0 Å². The number of rotatable bonds is 4. The highest BCUT2D eigenvalue weighted by molar-refractivity contribution is 7.99. The second-order valence-electron chi connectivity index (χ2n) is 9.09. The molecule has 0 radical (unpaired) electrons. The third-order valence-electron chi connectivity index (χ3n) is 7.27. The van der Waals surface area contributed by atoms with Gasteiger partial charge in [0.1, 0.15) is 0 Å². The summed E-state index contributed by atoms with van der Waals surface area (Å²) in [6, 6.07) is 15.1. The summed E-state index contributed by atoms with van der Waals surface area (Å²) >= 11 is 8.21. The first kappa shape index (κ1) is 19.8. The van der Waals surface area contributed by atoms with Crippen molar-refractivity contribution in [3.8, 4) is 0 Å². The van der Waals surface area contributed by atoms with Crippen LogP contribution in [0.5, 0.6) is 0 Å². The van der Waals surface area contributed by atoms with Gasteiger partial charge in [-0.25, -0.2) is 0 Å². The molecule has 2 aromatic carbocycles. The van der Waals surface area contributed by atoms with E-state index in [-0.39, 0.29) is 0 Å². The van der Waals surface area contributed by atoms with Crippen LogP contribution in [0.2, 0.25) is 5.02 Å². The van der Waals surface area contributed by atoms with Crippen LogP contribution in [0.4, 0.5) is 11.4 Å². The lowest BCUT2D eigenvalue weighted by Crippen LogP contribution is -2.42. The number of benzene rings is 2. The lowest BCUT2D eigenvalue weighted by Gasteiger charge is -2.44. The minimum absolute atomic E-state index is 0.702. The maximum atomic E-state index is 6.35. The summed E-state index contributed by atoms with van der Waals surface area (Å²) in [7, 11) is 0. The van der Waals surface area contributed by atoms with E-state index in [1.54, 1.807) is 0 Å². The first-order valence-electron chi connectivity index (χ1n) is 11.3. The molecule has 2 fully saturated rings. The van der Waals surface area contributed by atoms with Crippen LogP contribution >= 0.6 is 23.4 Å². The molecular formula is C25H31ClN2S. The highest BCUT2D eigenvalue weighted by atomic mass is 35.5. The van der Waals surface area contributed by atoms with Crippen molar-refractivity contribution in [2.75, 3.05) is 31.1 Å². The Balaban J connectivity index is 1.23. The lowest BCUT2D eigenvalue weighted by molar-refractivity contribution is 0.0676. The van der Waals surface area contributed by atoms with Gasteiger partial charge in [-0.15, -0.1) is 0 Å². The molecule has 4 heteroatoms. The van der Waals surface area contributed by atoms with E-state index in [2.05, 4.69) is 46.2 Å². The predicted octanol–water partition coefficient (Wildman–Crippen LogP) is 7.38. The van der Waals surface area contributed by atoms with Gasteiger partial charge in [0, 0.05) is 21.4 Å². The average Bonchev–Trinajstić information content (AvgIpc) is 2.76. The second-order valence-corrected chi connectivity index (χ2v) is 10.6. The molecule has 0 unspecified atom stereocenters. The first-order chi connectivity index (χ1) is 14.2. The van der Waals surface area contributed by atoms with Crippen molar-refractivity contribution in [3.05, 3.63) is 47.5 Å². The van der Waals surface area contributed by atoms with Crippen LogP contribution in [0.15, 0.2) is 52.3 Å². The van der Waals surface area contributed by atoms with E-state index >= 15 is 0 Å². The van der Waals surface area contributed by atoms with Crippen LogP contribution in [0.3, 0.4) is 0 Å². The summed E-state index contributed by atoms with van der Waals surface area (Å²) in [6.45, 7) is 4.86. The average molecular weight is 427 g/mol. The van der Waals surface area contributed by atoms with E-state index in [1.807, 2.05) is 17.8 Å². The molecule has 0 bridgehead atoms. The molecule has 1 aliphatic carbocycles. The van der Waals surface area contributed by atoms with E-state index in [1.165, 1.54) is 92.2 Å². The van der Waals surface area contributed by atoms with Crippen LogP contribution in [0.25, 0.3) is 0 Å². The van der Waals surface area contributed by atoms with Crippen LogP contribution in [0, 0.1) is 5.41 Å². The Morgan fingerprint density at radius 2 is 1.59 bits per heavy atom. The molecule has 0 atom stereocenters. The number of halogens is 1. The number of fused-ring (bicyclic) bond motifs is 2. The monoisotopic (exact) mass is 426 g/mol. The highest BCUT2D eigenvalue weighted by Crippen LogP contribution is 2.49. The van der Waals surface area contributed by atoms with Gasteiger partial charge in [0.2, 0.25) is 0 Å². The van der Waals surface area contributed by atoms with Crippen LogP contribution in [-0.2, 0) is 0 Å². The van der Waals surface area contributed by atoms with Gasteiger partial charge in [-0.3, -0.25) is 0 Å². The summed E-state index contributed by atoms with van der Waals surface area (Å²) in [4.78, 5) is 7.85. The largest absolute Gasteiger partial charge is 0.340 e. The van der Waals surface area contributed by atoms with Gasteiger partial charge >= 0.3 is 0 Å². The lowest BCUT2D eigenvalue weighted by atomic mass is 9.68. The zero-order valence-electron chi connectivity index (χ0n) is 17.2. The Kier molecular flexibility index (Phi) is 5.82. The molecule has 0 N–H and O–H groups in total. The summed E-state index contributed by atoms with van der Waals surface area (Å²) < 4.78 is 0. The minimum Gasteiger partial charge on any atom is -0.340 e. The van der Waals surface area contributed by atoms with Crippen molar-refractivity contribution >= 4 is 34.7 Å². The molecule has 2 aliphatic heterocycles. The molecule has 2 heterocycles. The topological polar surface area (TPSA) is 6.48 Å². The molecule has 154 valence electrons. The summed E-state index contributed by atoms with van der Waals surface area (Å²) in [5, 5.41) is 0.822. The molecular weight excluding hydrogens is 396 g/mol. The third kappa shape index (κ3) is 4.19. The van der Waals surface area contributed by atoms with Crippen molar-refractivity contribution in [1.29, 1.82) is 0 Å². The number of anilines is 2. The number of hydrogen-bond acceptors (Lipinski definition) is 3. The van der Waals surface area contributed by atoms with Crippen LogP contribution < -0.4 is 4.90 Å². The third-order valence-corrected chi connectivity index (χ3v) is 8.64. The van der Waals surface area contributed by atoms with E-state index in [0.717, 1.165) is 11.6 Å². The summed E-state index contributed by atoms with van der Waals surface area (Å²) in [5.41, 5.74) is 3.29. The summed E-state index contributed by atoms with van der Waals surface area (Å²) in [5.74, 6) is 0. The number of hydrogen-bond donors (Lipinski definition) is 0. The van der Waals surface area contributed by atoms with Gasteiger partial charge in [-0.2, -0.15) is 0 Å². The van der Waals surface area contributed by atoms with Crippen molar-refractivity contribution in [2.24, 2.45) is 5.41 Å². The standard InChI is InChI=1S/C25H31ClN2S/c26-20-9-10-24-22(19-20)28(21-7-2-3-8-23(21)29-24)16-6-15-27-17-13-25(14-18-27)11-4-1-5-12-25/h2-3,7-10,19H,1,4-6,11-18H2. The Labute approximate surface area is 184 Å². The minimum atomic E-state index is 0.702. The molecule has 0 amide bonds. The number of piperidine rings is 1. The van der Waals surface area contributed by atoms with Gasteiger partial charge in [0.15, 0.2) is 0 Å². The predicted molar refractivity (Wildman–Crippen MR) is 125 cm³/mol. The van der Waals surface area contributed by atoms with Crippen LogP contribution in [-0.4, -0.2) is 31.1 Å². The zero-order valence-corrected chi connectivity index (χ0v) is 18.8. The first-order valence-corrected chi connectivity index (χ1v) is 12.5. The molecule has 29 heavy (non-hydrogen) atoms. The second kappa shape index (κ2) is 8.53. The molecule has 2 nitrogen and oxygen atoms in total. The van der Waals surface area contributed by atoms with Crippen molar-refractivity contribution < 1.29 is 0 Å². The molecule has 5 rings (SSSR count). The van der Waals surface area contributed by atoms with Crippen molar-refractivity contribution in [1.82, 2.24) is 4.90 Å². The maximum absolute atomic E-state index is 6.35. The van der Waals surface area contributed by atoms with Gasteiger partial charge in [0.25, 0.3) is 0 Å². The van der Waals surface area contributed by atoms with Gasteiger partial charge in [0.05, 0.1) is 11.4 Å². The molecule has 3 aliphatic rings. The summed E-state index contributed by atoms with van der Waals surface area (Å²) in [6.07, 6.45) is 11.4. The highest BCUT2D eigenvalue weighted by Gasteiger charge is 2.35. The van der Waals surface area contributed by atoms with Crippen molar-refractivity contribution in [3.63, 3.8) is 0 Å². The Hall–Kier alpha value is -1.16. The van der Waals surface area contributed by atoms with Gasteiger partial charge < -0.3 is 9.80 Å². The van der Waals surface area contributed by atoms with Crippen LogP contribution in [0.1, 0.15) is 51.4 Å². The molecule has 1 saturated carbocycles. The Morgan fingerprint density at radius 3 is 2.41 bits per heavy atom. The molecule has 1 spiro atoms. The van der Waals surface area contributed by atoms with E-state index in [0.29, 0.717) is 5.41 Å². The number of nitrogens with zero attached hydrogens (tertiary/aromatic N) is 2. The fraction of sp³-hybridized carbons (Fsp3) is 0.520. The normalized spacial score (nSPS) is 21.1. The molecule has 2 aromatic rings. The fourth-order valence-corrected chi connectivity index (χ4v) is 6.79. The zero-order chi connectivity index (χ0) is 19.7. The number of para-hydroxylation sites is 1. The molecule has 1 saturated heterocycles. The smallest absolute Gasteiger partial charge is 0.0567 e. The molecule has 0 aromatic heterocycles. The fourth-order valence-electron chi connectivity index (χ4n) is 5.55.